The highest BCUT2D eigenvalue weighted by Crippen LogP contribution is 2.20. The summed E-state index contributed by atoms with van der Waals surface area (Å²) in [6.07, 6.45) is 7.85. The summed E-state index contributed by atoms with van der Waals surface area (Å²) in [5.41, 5.74) is 0. The Balaban J connectivity index is 2.58. The van der Waals surface area contributed by atoms with E-state index < -0.39 is 0 Å². The monoisotopic (exact) mass is 282 g/mol. The molecule has 0 bridgehead atoms. The third-order valence-electron chi connectivity index (χ3n) is 4.37. The predicted octanol–water partition coefficient (Wildman–Crippen LogP) is 3.44. The fourth-order valence-electron chi connectivity index (χ4n) is 3.28. The first kappa shape index (κ1) is 17.5. The van der Waals surface area contributed by atoms with Crippen molar-refractivity contribution in [1.29, 1.82) is 0 Å². The van der Waals surface area contributed by atoms with Gasteiger partial charge in [0.25, 0.3) is 0 Å². The number of carbonyl (C=O) groups is 1. The lowest BCUT2D eigenvalue weighted by Crippen LogP contribution is -2.42. The Bertz CT molecular complexity index is 256. The van der Waals surface area contributed by atoms with Crippen LogP contribution in [0.5, 0.6) is 0 Å². The van der Waals surface area contributed by atoms with Gasteiger partial charge in [-0.15, -0.1) is 0 Å². The van der Waals surface area contributed by atoms with Gasteiger partial charge in [-0.2, -0.15) is 0 Å². The molecular formula is C17H34N2O. The van der Waals surface area contributed by atoms with Gasteiger partial charge in [-0.05, 0) is 51.1 Å². The van der Waals surface area contributed by atoms with Crippen molar-refractivity contribution in [3.05, 3.63) is 0 Å². The molecule has 0 aromatic rings. The van der Waals surface area contributed by atoms with E-state index in [1.165, 1.54) is 12.8 Å². The van der Waals surface area contributed by atoms with Crippen molar-refractivity contribution in [2.75, 3.05) is 26.2 Å². The molecule has 0 spiro atoms. The maximum atomic E-state index is 12.8. The Morgan fingerprint density at radius 2 is 1.70 bits per heavy atom. The zero-order valence-corrected chi connectivity index (χ0v) is 13.8. The molecule has 0 aromatic carbocycles. The Hall–Kier alpha value is -0.570. The molecule has 1 saturated heterocycles. The van der Waals surface area contributed by atoms with Gasteiger partial charge in [0.15, 0.2) is 0 Å². The van der Waals surface area contributed by atoms with E-state index in [1.54, 1.807) is 0 Å². The van der Waals surface area contributed by atoms with Gasteiger partial charge in [-0.1, -0.05) is 33.6 Å². The van der Waals surface area contributed by atoms with E-state index in [1.807, 2.05) is 0 Å². The molecule has 0 atom stereocenters. The minimum atomic E-state index is 0.262. The summed E-state index contributed by atoms with van der Waals surface area (Å²) in [5, 5.41) is 3.41. The normalized spacial score (nSPS) is 16.6. The SMILES string of the molecule is CCCC(CCC)C(=O)N(CCC)CC1CCNCC1. The Labute approximate surface area is 125 Å². The van der Waals surface area contributed by atoms with Crippen LogP contribution in [0.3, 0.4) is 0 Å². The molecule has 0 aromatic heterocycles. The molecule has 1 heterocycles. The number of nitrogens with zero attached hydrogens (tertiary/aromatic N) is 1. The van der Waals surface area contributed by atoms with E-state index in [9.17, 15) is 4.79 Å². The first-order chi connectivity index (χ1) is 9.72. The second kappa shape index (κ2) is 10.2. The van der Waals surface area contributed by atoms with Crippen molar-refractivity contribution < 1.29 is 4.79 Å². The molecule has 1 N–H and O–H groups in total. The van der Waals surface area contributed by atoms with Gasteiger partial charge < -0.3 is 10.2 Å². The average Bonchev–Trinajstić information content (AvgIpc) is 2.47. The maximum Gasteiger partial charge on any atom is 0.225 e. The van der Waals surface area contributed by atoms with Crippen LogP contribution in [0.25, 0.3) is 0 Å². The summed E-state index contributed by atoms with van der Waals surface area (Å²) >= 11 is 0. The fraction of sp³-hybridized carbons (Fsp3) is 0.941. The van der Waals surface area contributed by atoms with Crippen molar-refractivity contribution in [3.63, 3.8) is 0 Å². The topological polar surface area (TPSA) is 32.3 Å². The van der Waals surface area contributed by atoms with Gasteiger partial charge in [-0.3, -0.25) is 4.79 Å². The molecule has 0 unspecified atom stereocenters. The second-order valence-corrected chi connectivity index (χ2v) is 6.25. The molecule has 0 radical (unpaired) electrons. The molecular weight excluding hydrogens is 248 g/mol. The number of carbonyl (C=O) groups excluding carboxylic acids is 1. The molecule has 1 aliphatic rings. The number of hydrogen-bond acceptors (Lipinski definition) is 2. The average molecular weight is 282 g/mol. The van der Waals surface area contributed by atoms with E-state index in [-0.39, 0.29) is 5.92 Å². The highest BCUT2D eigenvalue weighted by atomic mass is 16.2. The van der Waals surface area contributed by atoms with E-state index >= 15 is 0 Å². The molecule has 0 saturated carbocycles. The van der Waals surface area contributed by atoms with Gasteiger partial charge in [0, 0.05) is 19.0 Å². The zero-order chi connectivity index (χ0) is 14.8. The van der Waals surface area contributed by atoms with Crippen molar-refractivity contribution in [1.82, 2.24) is 10.2 Å². The number of nitrogens with one attached hydrogen (secondary N) is 1. The first-order valence-corrected chi connectivity index (χ1v) is 8.72. The predicted molar refractivity (Wildman–Crippen MR) is 85.8 cm³/mol. The first-order valence-electron chi connectivity index (χ1n) is 8.72. The summed E-state index contributed by atoms with van der Waals surface area (Å²) in [5.74, 6) is 1.39. The molecule has 3 nitrogen and oxygen atoms in total. The van der Waals surface area contributed by atoms with Crippen LogP contribution >= 0.6 is 0 Å². The largest absolute Gasteiger partial charge is 0.342 e. The van der Waals surface area contributed by atoms with Crippen LogP contribution in [0, 0.1) is 11.8 Å². The van der Waals surface area contributed by atoms with Crippen molar-refractivity contribution in [3.8, 4) is 0 Å². The van der Waals surface area contributed by atoms with Gasteiger partial charge in [0.2, 0.25) is 5.91 Å². The summed E-state index contributed by atoms with van der Waals surface area (Å²) in [7, 11) is 0. The zero-order valence-electron chi connectivity index (χ0n) is 13.8. The summed E-state index contributed by atoms with van der Waals surface area (Å²) in [4.78, 5) is 15.0. The molecule has 20 heavy (non-hydrogen) atoms. The van der Waals surface area contributed by atoms with Crippen molar-refractivity contribution >= 4 is 5.91 Å². The van der Waals surface area contributed by atoms with Crippen LogP contribution in [0.1, 0.15) is 65.7 Å². The van der Waals surface area contributed by atoms with Crippen molar-refractivity contribution in [2.45, 2.75) is 65.7 Å². The summed E-state index contributed by atoms with van der Waals surface area (Å²) in [6, 6.07) is 0. The fourth-order valence-corrected chi connectivity index (χ4v) is 3.28. The van der Waals surface area contributed by atoms with Crippen LogP contribution in [-0.4, -0.2) is 37.0 Å². The smallest absolute Gasteiger partial charge is 0.225 e. The third-order valence-corrected chi connectivity index (χ3v) is 4.37. The number of hydrogen-bond donors (Lipinski definition) is 1. The van der Waals surface area contributed by atoms with Crippen LogP contribution in [0.15, 0.2) is 0 Å². The number of piperidine rings is 1. The number of amides is 1. The van der Waals surface area contributed by atoms with Crippen LogP contribution in [0.4, 0.5) is 0 Å². The van der Waals surface area contributed by atoms with Gasteiger partial charge in [0.05, 0.1) is 0 Å². The maximum absolute atomic E-state index is 12.8. The third kappa shape index (κ3) is 5.82. The van der Waals surface area contributed by atoms with E-state index in [2.05, 4.69) is 31.0 Å². The highest BCUT2D eigenvalue weighted by Gasteiger charge is 2.25. The van der Waals surface area contributed by atoms with E-state index in [0.717, 1.165) is 58.3 Å². The minimum absolute atomic E-state index is 0.262. The lowest BCUT2D eigenvalue weighted by Gasteiger charge is -2.32. The van der Waals surface area contributed by atoms with Crippen molar-refractivity contribution in [2.24, 2.45) is 11.8 Å². The molecule has 1 aliphatic heterocycles. The Kier molecular flexibility index (Phi) is 8.92. The molecule has 1 amide bonds. The second-order valence-electron chi connectivity index (χ2n) is 6.25. The molecule has 3 heteroatoms. The molecule has 118 valence electrons. The quantitative estimate of drug-likeness (QED) is 0.702. The van der Waals surface area contributed by atoms with Crippen LogP contribution in [0.2, 0.25) is 0 Å². The molecule has 0 aliphatic carbocycles. The highest BCUT2D eigenvalue weighted by molar-refractivity contribution is 5.78. The lowest BCUT2D eigenvalue weighted by molar-refractivity contribution is -0.137. The van der Waals surface area contributed by atoms with Crippen LogP contribution in [-0.2, 0) is 4.79 Å². The van der Waals surface area contributed by atoms with Gasteiger partial charge >= 0.3 is 0 Å². The van der Waals surface area contributed by atoms with E-state index in [0.29, 0.717) is 11.8 Å². The number of rotatable bonds is 9. The minimum Gasteiger partial charge on any atom is -0.342 e. The van der Waals surface area contributed by atoms with Gasteiger partial charge in [-0.25, -0.2) is 0 Å². The van der Waals surface area contributed by atoms with Crippen LogP contribution < -0.4 is 5.32 Å². The summed E-state index contributed by atoms with van der Waals surface area (Å²) in [6.45, 7) is 10.7. The molecule has 1 rings (SSSR count). The van der Waals surface area contributed by atoms with E-state index in [4.69, 9.17) is 0 Å². The Morgan fingerprint density at radius 1 is 1.10 bits per heavy atom. The summed E-state index contributed by atoms with van der Waals surface area (Å²) < 4.78 is 0. The molecule has 1 fully saturated rings. The lowest BCUT2D eigenvalue weighted by atomic mass is 9.94. The van der Waals surface area contributed by atoms with Gasteiger partial charge in [0.1, 0.15) is 0 Å². The standard InChI is InChI=1S/C17H34N2O/c1-4-7-16(8-5-2)17(20)19(13-6-3)14-15-9-11-18-12-10-15/h15-16,18H,4-14H2,1-3H3. The Morgan fingerprint density at radius 3 is 2.20 bits per heavy atom.